The van der Waals surface area contributed by atoms with Gasteiger partial charge in [-0.3, -0.25) is 9.78 Å². The van der Waals surface area contributed by atoms with Crippen molar-refractivity contribution in [3.05, 3.63) is 81.6 Å². The van der Waals surface area contributed by atoms with Crippen LogP contribution >= 0.6 is 23.2 Å². The van der Waals surface area contributed by atoms with Gasteiger partial charge in [0.25, 0.3) is 5.91 Å². The number of unbranched alkanes of at least 4 members (excludes halogenated alkanes) is 1. The van der Waals surface area contributed by atoms with Crippen molar-refractivity contribution in [2.75, 3.05) is 20.2 Å². The molecule has 2 aliphatic rings. The number of pyridine rings is 1. The van der Waals surface area contributed by atoms with Gasteiger partial charge in [0.15, 0.2) is 6.10 Å². The molecule has 2 aliphatic carbocycles. The zero-order valence-corrected chi connectivity index (χ0v) is 27.8. The van der Waals surface area contributed by atoms with Crippen LogP contribution in [-0.2, 0) is 28.2 Å². The van der Waals surface area contributed by atoms with Gasteiger partial charge >= 0.3 is 0 Å². The average Bonchev–Trinajstić information content (AvgIpc) is 4.03. The number of nitrogens with zero attached hydrogens (tertiary/aromatic N) is 2. The van der Waals surface area contributed by atoms with Crippen LogP contribution in [0.1, 0.15) is 55.2 Å². The van der Waals surface area contributed by atoms with E-state index >= 15 is 0 Å². The van der Waals surface area contributed by atoms with Crippen molar-refractivity contribution in [3.8, 4) is 16.9 Å². The summed E-state index contributed by atoms with van der Waals surface area (Å²) in [6.45, 7) is -0.277. The van der Waals surface area contributed by atoms with Crippen LogP contribution in [0.4, 0.5) is 0 Å². The highest BCUT2D eigenvalue weighted by molar-refractivity contribution is 6.34. The molecule has 12 heteroatoms. The molecular formula is C35H42Cl2N2O8. The Morgan fingerprint density at radius 3 is 2.40 bits per heavy atom. The van der Waals surface area contributed by atoms with Gasteiger partial charge in [-0.15, -0.1) is 0 Å². The number of rotatable bonds is 17. The molecule has 2 fully saturated rings. The van der Waals surface area contributed by atoms with Crippen molar-refractivity contribution in [1.29, 1.82) is 0 Å². The van der Waals surface area contributed by atoms with Gasteiger partial charge in [-0.1, -0.05) is 41.4 Å². The number of ether oxygens (including phenoxy) is 2. The number of aromatic nitrogens is 1. The third-order valence-electron chi connectivity index (χ3n) is 8.80. The molecule has 10 nitrogen and oxygen atoms in total. The van der Waals surface area contributed by atoms with E-state index < -0.39 is 42.5 Å². The van der Waals surface area contributed by atoms with Gasteiger partial charge in [0, 0.05) is 47.2 Å². The molecule has 0 spiro atoms. The lowest BCUT2D eigenvalue weighted by Crippen LogP contribution is -2.52. The highest BCUT2D eigenvalue weighted by Crippen LogP contribution is 2.53. The zero-order chi connectivity index (χ0) is 33.7. The first-order valence-electron chi connectivity index (χ1n) is 15.9. The summed E-state index contributed by atoms with van der Waals surface area (Å²) in [5.41, 5.74) is 4.25. The minimum absolute atomic E-state index is 0.272. The molecule has 5 rings (SSSR count). The number of halogens is 2. The quantitative estimate of drug-likeness (QED) is 0.132. The number of para-hydroxylation sites is 1. The number of likely N-dealkylation sites (N-methyl/N-ethyl adjacent to an activating group) is 1. The Hall–Kier alpha value is -2.80. The predicted molar refractivity (Wildman–Crippen MR) is 177 cm³/mol. The summed E-state index contributed by atoms with van der Waals surface area (Å²) in [5, 5.41) is 49.4. The summed E-state index contributed by atoms with van der Waals surface area (Å²) in [7, 11) is 1.47. The molecule has 1 amide bonds. The minimum atomic E-state index is -1.95. The number of carbonyl (C=O) groups is 1. The van der Waals surface area contributed by atoms with Crippen LogP contribution in [0.5, 0.6) is 5.75 Å². The zero-order valence-electron chi connectivity index (χ0n) is 26.3. The number of aryl methyl sites for hydroxylation is 1. The van der Waals surface area contributed by atoms with Crippen molar-refractivity contribution in [2.45, 2.75) is 87.7 Å². The number of aliphatic hydroxyl groups excluding tert-OH is 5. The lowest BCUT2D eigenvalue weighted by atomic mass is 9.96. The molecule has 254 valence electrons. The number of hydrogen-bond donors (Lipinski definition) is 5. The van der Waals surface area contributed by atoms with Crippen LogP contribution in [0.2, 0.25) is 10.0 Å². The van der Waals surface area contributed by atoms with Crippen molar-refractivity contribution in [2.24, 2.45) is 0 Å². The van der Waals surface area contributed by atoms with E-state index in [-0.39, 0.29) is 19.3 Å². The second-order valence-electron chi connectivity index (χ2n) is 12.4. The highest BCUT2D eigenvalue weighted by atomic mass is 35.5. The van der Waals surface area contributed by atoms with Crippen molar-refractivity contribution in [1.82, 2.24) is 9.88 Å². The van der Waals surface area contributed by atoms with Crippen molar-refractivity contribution >= 4 is 29.1 Å². The Labute approximate surface area is 284 Å². The summed E-state index contributed by atoms with van der Waals surface area (Å²) in [5.74, 6) is 0.0582. The van der Waals surface area contributed by atoms with E-state index in [1.54, 1.807) is 6.20 Å². The monoisotopic (exact) mass is 688 g/mol. The molecule has 3 aromatic rings. The van der Waals surface area contributed by atoms with E-state index in [9.17, 15) is 25.2 Å². The largest absolute Gasteiger partial charge is 0.490 e. The van der Waals surface area contributed by atoms with Gasteiger partial charge in [-0.2, -0.15) is 0 Å². The molecule has 0 bridgehead atoms. The summed E-state index contributed by atoms with van der Waals surface area (Å²) in [6.07, 6.45) is 2.20. The second kappa shape index (κ2) is 15.6. The van der Waals surface area contributed by atoms with Gasteiger partial charge in [-0.25, -0.2) is 0 Å². The fraction of sp³-hybridized carbons (Fsp3) is 0.486. The van der Waals surface area contributed by atoms with Gasteiger partial charge in [0.1, 0.15) is 24.1 Å². The number of amides is 1. The summed E-state index contributed by atoms with van der Waals surface area (Å²) < 4.78 is 12.8. The van der Waals surface area contributed by atoms with E-state index in [4.69, 9.17) is 37.8 Å². The molecule has 1 aromatic heterocycles. The minimum Gasteiger partial charge on any atom is -0.490 e. The molecule has 5 N–H and O–H groups in total. The third kappa shape index (κ3) is 8.63. The van der Waals surface area contributed by atoms with Crippen LogP contribution in [0, 0.1) is 0 Å². The summed E-state index contributed by atoms with van der Waals surface area (Å²) >= 11 is 13.4. The van der Waals surface area contributed by atoms with Gasteiger partial charge in [-0.05, 0) is 85.9 Å². The fourth-order valence-corrected chi connectivity index (χ4v) is 6.09. The standard InChI is InChI=1S/C35H42Cl2N2O8/c1-39(34(45)33(44)32(43)31(42)29(41)19-40)15-5-4-6-21-16-28(37)22(17-27(21)36)20-46-35(12-13-35)26-18-38-14-11-24(26)25-7-2-3-8-30(25)47-23-9-10-23/h2-3,7-8,11,14,16-18,23,29,31-33,40-44H,4-6,9-10,12-13,15,19-20H2,1H3/t29-,31+,32-,33-/m1/s1. The van der Waals surface area contributed by atoms with Crippen LogP contribution in [0.25, 0.3) is 11.1 Å². The summed E-state index contributed by atoms with van der Waals surface area (Å²) in [6, 6.07) is 13.8. The number of benzene rings is 2. The van der Waals surface area contributed by atoms with Crippen LogP contribution in [0.3, 0.4) is 0 Å². The third-order valence-corrected chi connectivity index (χ3v) is 9.51. The van der Waals surface area contributed by atoms with Gasteiger partial charge in [0.2, 0.25) is 0 Å². The first kappa shape index (κ1) is 35.5. The predicted octanol–water partition coefficient (Wildman–Crippen LogP) is 4.02. The fourth-order valence-electron chi connectivity index (χ4n) is 5.57. The molecule has 0 radical (unpaired) electrons. The van der Waals surface area contributed by atoms with E-state index in [0.29, 0.717) is 29.3 Å². The van der Waals surface area contributed by atoms with Crippen LogP contribution in [-0.4, -0.2) is 92.0 Å². The van der Waals surface area contributed by atoms with Crippen molar-refractivity contribution in [3.63, 3.8) is 0 Å². The molecule has 1 heterocycles. The Balaban J connectivity index is 1.16. The Morgan fingerprint density at radius 2 is 1.70 bits per heavy atom. The van der Waals surface area contributed by atoms with Gasteiger partial charge < -0.3 is 39.9 Å². The maximum Gasteiger partial charge on any atom is 0.253 e. The molecule has 0 unspecified atom stereocenters. The van der Waals surface area contributed by atoms with E-state index in [2.05, 4.69) is 11.1 Å². The second-order valence-corrected chi connectivity index (χ2v) is 13.3. The Kier molecular flexibility index (Phi) is 11.8. The average molecular weight is 690 g/mol. The smallest absolute Gasteiger partial charge is 0.253 e. The highest BCUT2D eigenvalue weighted by Gasteiger charge is 2.48. The number of hydrogen-bond acceptors (Lipinski definition) is 9. The maximum atomic E-state index is 12.5. The molecule has 0 aliphatic heterocycles. The summed E-state index contributed by atoms with van der Waals surface area (Å²) in [4.78, 5) is 18.1. The molecular weight excluding hydrogens is 647 g/mol. The SMILES string of the molecule is CN(CCCCc1cc(Cl)c(COC2(c3cnccc3-c3ccccc3OC3CC3)CC2)cc1Cl)C(=O)[C@H](O)[C@H](O)[C@@H](O)[C@H](O)CO. The van der Waals surface area contributed by atoms with E-state index in [1.165, 1.54) is 11.9 Å². The van der Waals surface area contributed by atoms with Crippen LogP contribution in [0.15, 0.2) is 54.9 Å². The van der Waals surface area contributed by atoms with Crippen LogP contribution < -0.4 is 4.74 Å². The van der Waals surface area contributed by atoms with E-state index in [1.807, 2.05) is 42.6 Å². The number of aliphatic hydroxyl groups is 5. The lowest BCUT2D eigenvalue weighted by Gasteiger charge is -2.28. The van der Waals surface area contributed by atoms with Crippen molar-refractivity contribution < 1.29 is 39.8 Å². The van der Waals surface area contributed by atoms with E-state index in [0.717, 1.165) is 59.3 Å². The topological polar surface area (TPSA) is 153 Å². The maximum absolute atomic E-state index is 12.5. The number of carbonyl (C=O) groups excluding carboxylic acids is 1. The first-order valence-corrected chi connectivity index (χ1v) is 16.7. The molecule has 4 atom stereocenters. The molecule has 2 aromatic carbocycles. The van der Waals surface area contributed by atoms with Gasteiger partial charge in [0.05, 0.1) is 24.9 Å². The first-order chi connectivity index (χ1) is 22.5. The Morgan fingerprint density at radius 1 is 1.00 bits per heavy atom. The normalized spacial score (nSPS) is 17.9. The Bertz CT molecular complexity index is 1530. The molecule has 2 saturated carbocycles. The molecule has 47 heavy (non-hydrogen) atoms. The molecule has 0 saturated heterocycles. The lowest BCUT2D eigenvalue weighted by molar-refractivity contribution is -0.157.